The summed E-state index contributed by atoms with van der Waals surface area (Å²) in [5.41, 5.74) is 9.63. The summed E-state index contributed by atoms with van der Waals surface area (Å²) >= 11 is 0. The fraction of sp³-hybridized carbons (Fsp3) is 0.292. The maximum atomic E-state index is 12.7. The van der Waals surface area contributed by atoms with E-state index in [1.807, 2.05) is 49.4 Å². The van der Waals surface area contributed by atoms with Crippen molar-refractivity contribution in [2.24, 2.45) is 5.73 Å². The minimum Gasteiger partial charge on any atom is -0.508 e. The van der Waals surface area contributed by atoms with Crippen LogP contribution in [0.3, 0.4) is 0 Å². The minimum atomic E-state index is -0.0201. The highest BCUT2D eigenvalue weighted by Gasteiger charge is 2.20. The standard InChI is InChI=1S/C24H26N2O2.ClH/c1-15-13-17(6-12-23(15)27)21-4-2-3-16-14-18(5-11-22(16)21)24(28)26-20-9-7-19(25)8-10-20;/h2-6,11-14,19-20,27H,7-10,25H2,1H3,(H,26,28);1H. The number of benzene rings is 3. The lowest BCUT2D eigenvalue weighted by Gasteiger charge is -2.26. The molecule has 4 nitrogen and oxygen atoms in total. The molecule has 1 saturated carbocycles. The smallest absolute Gasteiger partial charge is 0.251 e. The van der Waals surface area contributed by atoms with Gasteiger partial charge >= 0.3 is 0 Å². The van der Waals surface area contributed by atoms with Crippen molar-refractivity contribution in [3.63, 3.8) is 0 Å². The number of hydrogen-bond acceptors (Lipinski definition) is 3. The van der Waals surface area contributed by atoms with Crippen LogP contribution < -0.4 is 11.1 Å². The molecule has 1 amide bonds. The zero-order valence-electron chi connectivity index (χ0n) is 16.5. The molecule has 0 radical (unpaired) electrons. The number of rotatable bonds is 3. The number of amides is 1. The van der Waals surface area contributed by atoms with Crippen LogP contribution in [-0.2, 0) is 0 Å². The Balaban J connectivity index is 0.00000240. The van der Waals surface area contributed by atoms with Crippen molar-refractivity contribution < 1.29 is 9.90 Å². The first-order chi connectivity index (χ1) is 13.5. The summed E-state index contributed by atoms with van der Waals surface area (Å²) in [4.78, 5) is 12.7. The minimum absolute atomic E-state index is 0. The van der Waals surface area contributed by atoms with Gasteiger partial charge in [-0.15, -0.1) is 12.4 Å². The van der Waals surface area contributed by atoms with Crippen LogP contribution in [-0.4, -0.2) is 23.1 Å². The predicted molar refractivity (Wildman–Crippen MR) is 121 cm³/mol. The van der Waals surface area contributed by atoms with E-state index in [9.17, 15) is 9.90 Å². The molecule has 0 saturated heterocycles. The predicted octanol–water partition coefficient (Wildman–Crippen LogP) is 4.94. The van der Waals surface area contributed by atoms with Crippen molar-refractivity contribution in [2.45, 2.75) is 44.7 Å². The number of aromatic hydroxyl groups is 1. The maximum Gasteiger partial charge on any atom is 0.251 e. The molecular weight excluding hydrogens is 384 g/mol. The number of nitrogens with two attached hydrogens (primary N) is 1. The van der Waals surface area contributed by atoms with Gasteiger partial charge < -0.3 is 16.2 Å². The van der Waals surface area contributed by atoms with Gasteiger partial charge in [0.15, 0.2) is 0 Å². The summed E-state index contributed by atoms with van der Waals surface area (Å²) in [5, 5.41) is 15.1. The quantitative estimate of drug-likeness (QED) is 0.572. The molecule has 29 heavy (non-hydrogen) atoms. The van der Waals surface area contributed by atoms with Gasteiger partial charge in [0.25, 0.3) is 5.91 Å². The summed E-state index contributed by atoms with van der Waals surface area (Å²) < 4.78 is 0. The van der Waals surface area contributed by atoms with Crippen molar-refractivity contribution >= 4 is 29.1 Å². The van der Waals surface area contributed by atoms with Crippen LogP contribution >= 0.6 is 12.4 Å². The Hall–Kier alpha value is -2.56. The maximum absolute atomic E-state index is 12.7. The van der Waals surface area contributed by atoms with Crippen LogP contribution in [0.25, 0.3) is 21.9 Å². The van der Waals surface area contributed by atoms with E-state index >= 15 is 0 Å². The zero-order valence-corrected chi connectivity index (χ0v) is 17.3. The molecule has 0 aliphatic heterocycles. The Kier molecular flexibility index (Phi) is 6.46. The van der Waals surface area contributed by atoms with E-state index in [0.29, 0.717) is 11.3 Å². The highest BCUT2D eigenvalue weighted by atomic mass is 35.5. The first kappa shape index (κ1) is 21.2. The van der Waals surface area contributed by atoms with E-state index in [2.05, 4.69) is 11.4 Å². The van der Waals surface area contributed by atoms with Crippen molar-refractivity contribution in [3.05, 3.63) is 65.7 Å². The fourth-order valence-corrected chi connectivity index (χ4v) is 4.03. The van der Waals surface area contributed by atoms with Crippen LogP contribution in [0.2, 0.25) is 0 Å². The van der Waals surface area contributed by atoms with Gasteiger partial charge in [-0.25, -0.2) is 0 Å². The van der Waals surface area contributed by atoms with Crippen molar-refractivity contribution in [1.82, 2.24) is 5.32 Å². The average molecular weight is 411 g/mol. The van der Waals surface area contributed by atoms with Crippen LogP contribution in [0.5, 0.6) is 5.75 Å². The van der Waals surface area contributed by atoms with Gasteiger partial charge in [-0.1, -0.05) is 30.3 Å². The third-order valence-electron chi connectivity index (χ3n) is 5.76. The third-order valence-corrected chi connectivity index (χ3v) is 5.76. The molecule has 0 atom stereocenters. The van der Waals surface area contributed by atoms with Crippen LogP contribution in [0.1, 0.15) is 41.6 Å². The number of phenolic OH excluding ortho intramolecular Hbond substituents is 1. The summed E-state index contributed by atoms with van der Waals surface area (Å²) in [6.07, 6.45) is 3.84. The Bertz CT molecular complexity index is 1030. The second-order valence-electron chi connectivity index (χ2n) is 7.83. The molecule has 0 bridgehead atoms. The molecule has 4 rings (SSSR count). The first-order valence-corrected chi connectivity index (χ1v) is 9.90. The van der Waals surface area contributed by atoms with Crippen LogP contribution in [0.15, 0.2) is 54.6 Å². The first-order valence-electron chi connectivity index (χ1n) is 9.90. The molecule has 3 aromatic carbocycles. The van der Waals surface area contributed by atoms with E-state index in [1.165, 1.54) is 0 Å². The topological polar surface area (TPSA) is 75.4 Å². The molecule has 0 aromatic heterocycles. The lowest BCUT2D eigenvalue weighted by atomic mass is 9.91. The molecule has 1 aliphatic rings. The van der Waals surface area contributed by atoms with E-state index in [-0.39, 0.29) is 30.4 Å². The molecule has 1 aliphatic carbocycles. The number of carbonyl (C=O) groups is 1. The van der Waals surface area contributed by atoms with Crippen LogP contribution in [0, 0.1) is 6.92 Å². The largest absolute Gasteiger partial charge is 0.508 e. The third kappa shape index (κ3) is 4.55. The molecule has 0 spiro atoms. The molecule has 152 valence electrons. The number of fused-ring (bicyclic) bond motifs is 1. The molecule has 3 aromatic rings. The molecule has 1 fully saturated rings. The number of hydrogen-bond donors (Lipinski definition) is 3. The van der Waals surface area contributed by atoms with Gasteiger partial charge in [-0.3, -0.25) is 4.79 Å². The van der Waals surface area contributed by atoms with Crippen molar-refractivity contribution in [3.8, 4) is 16.9 Å². The highest BCUT2D eigenvalue weighted by molar-refractivity contribution is 6.02. The molecular formula is C24H27ClN2O2. The van der Waals surface area contributed by atoms with Gasteiger partial charge in [0, 0.05) is 17.6 Å². The number of nitrogens with one attached hydrogen (secondary N) is 1. The Morgan fingerprint density at radius 2 is 1.79 bits per heavy atom. The van der Waals surface area contributed by atoms with Gasteiger partial charge in [0.1, 0.15) is 5.75 Å². The molecule has 4 N–H and O–H groups in total. The monoisotopic (exact) mass is 410 g/mol. The summed E-state index contributed by atoms with van der Waals surface area (Å²) in [7, 11) is 0. The van der Waals surface area contributed by atoms with E-state index in [1.54, 1.807) is 6.07 Å². The Morgan fingerprint density at radius 1 is 1.03 bits per heavy atom. The van der Waals surface area contributed by atoms with E-state index < -0.39 is 0 Å². The normalized spacial score (nSPS) is 18.8. The van der Waals surface area contributed by atoms with Gasteiger partial charge in [0.2, 0.25) is 0 Å². The second-order valence-corrected chi connectivity index (χ2v) is 7.83. The van der Waals surface area contributed by atoms with Gasteiger partial charge in [-0.2, -0.15) is 0 Å². The summed E-state index contributed by atoms with van der Waals surface area (Å²) in [6.45, 7) is 1.89. The Labute approximate surface area is 177 Å². The van der Waals surface area contributed by atoms with E-state index in [0.717, 1.165) is 53.1 Å². The van der Waals surface area contributed by atoms with Gasteiger partial charge in [-0.05, 0) is 84.3 Å². The summed E-state index contributed by atoms with van der Waals surface area (Å²) in [5.74, 6) is 0.278. The average Bonchev–Trinajstić information content (AvgIpc) is 2.71. The number of halogens is 1. The number of phenols is 1. The highest BCUT2D eigenvalue weighted by Crippen LogP contribution is 2.32. The Morgan fingerprint density at radius 3 is 2.52 bits per heavy atom. The van der Waals surface area contributed by atoms with E-state index in [4.69, 9.17) is 5.73 Å². The van der Waals surface area contributed by atoms with Crippen molar-refractivity contribution in [1.29, 1.82) is 0 Å². The van der Waals surface area contributed by atoms with Crippen LogP contribution in [0.4, 0.5) is 0 Å². The lowest BCUT2D eigenvalue weighted by molar-refractivity contribution is 0.0926. The SMILES string of the molecule is Cc1cc(-c2cccc3cc(C(=O)NC4CCC(N)CC4)ccc23)ccc1O.Cl. The summed E-state index contributed by atoms with van der Waals surface area (Å²) in [6, 6.07) is 18.1. The molecule has 0 unspecified atom stereocenters. The lowest BCUT2D eigenvalue weighted by Crippen LogP contribution is -2.40. The molecule has 0 heterocycles. The second kappa shape index (κ2) is 8.85. The fourth-order valence-electron chi connectivity index (χ4n) is 4.03. The molecule has 5 heteroatoms. The number of aryl methyl sites for hydroxylation is 1. The van der Waals surface area contributed by atoms with Crippen molar-refractivity contribution in [2.75, 3.05) is 0 Å². The number of carbonyl (C=O) groups excluding carboxylic acids is 1. The zero-order chi connectivity index (χ0) is 19.7. The van der Waals surface area contributed by atoms with Gasteiger partial charge in [0.05, 0.1) is 0 Å².